The van der Waals surface area contributed by atoms with Gasteiger partial charge in [-0.15, -0.1) is 12.4 Å². The average molecular weight is 389 g/mol. The van der Waals surface area contributed by atoms with Gasteiger partial charge in [-0.3, -0.25) is 0 Å². The zero-order valence-corrected chi connectivity index (χ0v) is 16.4. The second kappa shape index (κ2) is 7.17. The average Bonchev–Trinajstić information content (AvgIpc) is 2.73. The SMILES string of the molecule is COc1cccc(C2Cc3ccccc3-c3nc(N)c4ccccc4c32)c1.Cl. The summed E-state index contributed by atoms with van der Waals surface area (Å²) in [4.78, 5) is 4.85. The van der Waals surface area contributed by atoms with E-state index in [2.05, 4.69) is 60.7 Å². The number of pyridine rings is 1. The summed E-state index contributed by atoms with van der Waals surface area (Å²) in [5.41, 5.74) is 12.3. The second-order valence-electron chi connectivity index (χ2n) is 7.00. The highest BCUT2D eigenvalue weighted by atomic mass is 35.5. The summed E-state index contributed by atoms with van der Waals surface area (Å²) in [7, 11) is 1.71. The molecule has 0 fully saturated rings. The van der Waals surface area contributed by atoms with Gasteiger partial charge in [-0.1, -0.05) is 60.7 Å². The molecule has 5 rings (SSSR count). The maximum absolute atomic E-state index is 6.34. The Balaban J connectivity index is 0.00000192. The van der Waals surface area contributed by atoms with E-state index in [4.69, 9.17) is 15.5 Å². The van der Waals surface area contributed by atoms with E-state index in [9.17, 15) is 0 Å². The lowest BCUT2D eigenvalue weighted by atomic mass is 9.76. The lowest BCUT2D eigenvalue weighted by molar-refractivity contribution is 0.414. The summed E-state index contributed by atoms with van der Waals surface area (Å²) >= 11 is 0. The normalized spacial score (nSPS) is 14.7. The first-order chi connectivity index (χ1) is 13.3. The molecule has 3 nitrogen and oxygen atoms in total. The van der Waals surface area contributed by atoms with Gasteiger partial charge >= 0.3 is 0 Å². The number of hydrogen-bond donors (Lipinski definition) is 1. The third-order valence-electron chi connectivity index (χ3n) is 5.52. The highest BCUT2D eigenvalue weighted by Gasteiger charge is 2.29. The Morgan fingerprint density at radius 1 is 0.929 bits per heavy atom. The van der Waals surface area contributed by atoms with E-state index < -0.39 is 0 Å². The van der Waals surface area contributed by atoms with Crippen LogP contribution in [0.3, 0.4) is 0 Å². The second-order valence-corrected chi connectivity index (χ2v) is 7.00. The number of ether oxygens (including phenoxy) is 1. The van der Waals surface area contributed by atoms with Gasteiger partial charge in [-0.25, -0.2) is 4.98 Å². The molecule has 0 aliphatic heterocycles. The number of hydrogen-bond acceptors (Lipinski definition) is 3. The number of methoxy groups -OCH3 is 1. The molecule has 1 unspecified atom stereocenters. The number of nitrogen functional groups attached to an aromatic ring is 1. The largest absolute Gasteiger partial charge is 0.497 e. The van der Waals surface area contributed by atoms with Gasteiger partial charge in [0.1, 0.15) is 11.6 Å². The Hall–Kier alpha value is -3.04. The molecule has 0 bridgehead atoms. The summed E-state index contributed by atoms with van der Waals surface area (Å²) in [6.45, 7) is 0. The Kier molecular flexibility index (Phi) is 4.70. The van der Waals surface area contributed by atoms with Crippen molar-refractivity contribution in [1.82, 2.24) is 4.98 Å². The van der Waals surface area contributed by atoms with Gasteiger partial charge in [0.05, 0.1) is 12.8 Å². The van der Waals surface area contributed by atoms with Gasteiger partial charge in [-0.2, -0.15) is 0 Å². The van der Waals surface area contributed by atoms with Crippen molar-refractivity contribution in [2.24, 2.45) is 0 Å². The maximum Gasteiger partial charge on any atom is 0.131 e. The van der Waals surface area contributed by atoms with Crippen LogP contribution in [0, 0.1) is 0 Å². The van der Waals surface area contributed by atoms with Crippen molar-refractivity contribution in [2.45, 2.75) is 12.3 Å². The molecular formula is C24H21ClN2O. The Bertz CT molecular complexity index is 1170. The number of fused-ring (bicyclic) bond motifs is 5. The van der Waals surface area contributed by atoms with Crippen molar-refractivity contribution < 1.29 is 4.74 Å². The van der Waals surface area contributed by atoms with E-state index in [1.807, 2.05) is 12.1 Å². The lowest BCUT2D eigenvalue weighted by Gasteiger charge is -2.29. The fourth-order valence-electron chi connectivity index (χ4n) is 4.26. The first-order valence-electron chi connectivity index (χ1n) is 9.16. The van der Waals surface area contributed by atoms with Crippen molar-refractivity contribution in [3.8, 4) is 17.0 Å². The molecule has 1 atom stereocenters. The molecule has 2 N–H and O–H groups in total. The molecular weight excluding hydrogens is 368 g/mol. The molecule has 3 aromatic carbocycles. The van der Waals surface area contributed by atoms with Crippen molar-refractivity contribution in [2.75, 3.05) is 12.8 Å². The quantitative estimate of drug-likeness (QED) is 0.486. The predicted molar refractivity (Wildman–Crippen MR) is 117 cm³/mol. The minimum Gasteiger partial charge on any atom is -0.497 e. The molecule has 140 valence electrons. The first-order valence-corrected chi connectivity index (χ1v) is 9.16. The lowest BCUT2D eigenvalue weighted by Crippen LogP contribution is -2.15. The summed E-state index contributed by atoms with van der Waals surface area (Å²) in [5.74, 6) is 1.68. The molecule has 1 heterocycles. The summed E-state index contributed by atoms with van der Waals surface area (Å²) in [6, 6.07) is 25.2. The van der Waals surface area contributed by atoms with E-state index in [-0.39, 0.29) is 18.3 Å². The van der Waals surface area contributed by atoms with Crippen LogP contribution in [0.1, 0.15) is 22.6 Å². The standard InChI is InChI=1S/C24H20N2O.ClH/c1-27-17-9-6-8-15(13-17)21-14-16-7-2-3-10-18(16)23-22(21)19-11-4-5-12-20(19)24(25)26-23;/h2-13,21H,14H2,1H3,(H2,25,26);1H. The maximum atomic E-state index is 6.34. The molecule has 0 spiro atoms. The van der Waals surface area contributed by atoms with Crippen molar-refractivity contribution in [1.29, 1.82) is 0 Å². The molecule has 1 aromatic heterocycles. The highest BCUT2D eigenvalue weighted by molar-refractivity contribution is 5.98. The fraction of sp³-hybridized carbons (Fsp3) is 0.125. The Labute approximate surface area is 170 Å². The van der Waals surface area contributed by atoms with Crippen molar-refractivity contribution >= 4 is 29.0 Å². The molecule has 28 heavy (non-hydrogen) atoms. The van der Waals surface area contributed by atoms with Crippen LogP contribution in [-0.4, -0.2) is 12.1 Å². The van der Waals surface area contributed by atoms with E-state index in [0.29, 0.717) is 5.82 Å². The van der Waals surface area contributed by atoms with Crippen LogP contribution in [0.15, 0.2) is 72.8 Å². The van der Waals surface area contributed by atoms with Gasteiger partial charge < -0.3 is 10.5 Å². The van der Waals surface area contributed by atoms with Gasteiger partial charge in [0.15, 0.2) is 0 Å². The zero-order chi connectivity index (χ0) is 18.4. The van der Waals surface area contributed by atoms with Crippen LogP contribution < -0.4 is 10.5 Å². The van der Waals surface area contributed by atoms with Gasteiger partial charge in [0.25, 0.3) is 0 Å². The number of aromatic nitrogens is 1. The number of benzene rings is 3. The van der Waals surface area contributed by atoms with Crippen LogP contribution in [-0.2, 0) is 6.42 Å². The van der Waals surface area contributed by atoms with Gasteiger partial charge in [0.2, 0.25) is 0 Å². The minimum atomic E-state index is 0. The monoisotopic (exact) mass is 388 g/mol. The Morgan fingerprint density at radius 2 is 1.68 bits per heavy atom. The van der Waals surface area contributed by atoms with E-state index in [1.54, 1.807) is 7.11 Å². The smallest absolute Gasteiger partial charge is 0.131 e. The topological polar surface area (TPSA) is 48.1 Å². The predicted octanol–water partition coefficient (Wildman–Crippen LogP) is 5.60. The van der Waals surface area contributed by atoms with Crippen LogP contribution in [0.2, 0.25) is 0 Å². The number of nitrogens with two attached hydrogens (primary N) is 1. The van der Waals surface area contributed by atoms with Crippen LogP contribution in [0.4, 0.5) is 5.82 Å². The zero-order valence-electron chi connectivity index (χ0n) is 15.6. The molecule has 1 aliphatic rings. The van der Waals surface area contributed by atoms with Crippen LogP contribution >= 0.6 is 12.4 Å². The van der Waals surface area contributed by atoms with Crippen LogP contribution in [0.25, 0.3) is 22.0 Å². The summed E-state index contributed by atoms with van der Waals surface area (Å²) in [6.07, 6.45) is 0.936. The van der Waals surface area contributed by atoms with E-state index >= 15 is 0 Å². The van der Waals surface area contributed by atoms with Crippen molar-refractivity contribution in [3.05, 3.63) is 89.5 Å². The molecule has 1 aliphatic carbocycles. The van der Waals surface area contributed by atoms with E-state index in [1.165, 1.54) is 27.6 Å². The summed E-state index contributed by atoms with van der Waals surface area (Å²) < 4.78 is 5.47. The molecule has 4 aromatic rings. The van der Waals surface area contributed by atoms with Gasteiger partial charge in [-0.05, 0) is 40.6 Å². The number of halogens is 1. The molecule has 0 radical (unpaired) electrons. The number of anilines is 1. The minimum absolute atomic E-state index is 0. The summed E-state index contributed by atoms with van der Waals surface area (Å²) in [5, 5.41) is 2.20. The molecule has 0 amide bonds. The van der Waals surface area contributed by atoms with Gasteiger partial charge in [0, 0.05) is 16.9 Å². The van der Waals surface area contributed by atoms with Crippen molar-refractivity contribution in [3.63, 3.8) is 0 Å². The number of nitrogens with zero attached hydrogens (tertiary/aromatic N) is 1. The highest BCUT2D eigenvalue weighted by Crippen LogP contribution is 2.46. The first kappa shape index (κ1) is 18.3. The molecule has 0 saturated heterocycles. The third-order valence-corrected chi connectivity index (χ3v) is 5.52. The molecule has 0 saturated carbocycles. The fourth-order valence-corrected chi connectivity index (χ4v) is 4.26. The third kappa shape index (κ3) is 2.79. The van der Waals surface area contributed by atoms with Crippen LogP contribution in [0.5, 0.6) is 5.75 Å². The van der Waals surface area contributed by atoms with E-state index in [0.717, 1.165) is 23.3 Å². The number of rotatable bonds is 2. The molecule has 4 heteroatoms. The Morgan fingerprint density at radius 3 is 2.50 bits per heavy atom.